The number of hydrogen-bond acceptors (Lipinski definition) is 3. The monoisotopic (exact) mass is 249 g/mol. The number of nitrogens with one attached hydrogen (secondary N) is 1. The van der Waals surface area contributed by atoms with Crippen molar-refractivity contribution in [3.05, 3.63) is 35.4 Å². The summed E-state index contributed by atoms with van der Waals surface area (Å²) in [5, 5.41) is 3.36. The van der Waals surface area contributed by atoms with Crippen LogP contribution in [-0.4, -0.2) is 25.7 Å². The highest BCUT2D eigenvalue weighted by Crippen LogP contribution is 2.06. The summed E-state index contributed by atoms with van der Waals surface area (Å²) < 4.78 is 4.73. The van der Waals surface area contributed by atoms with Crippen molar-refractivity contribution in [2.45, 2.75) is 33.2 Å². The predicted octanol–water partition coefficient (Wildman–Crippen LogP) is 2.32. The van der Waals surface area contributed by atoms with Gasteiger partial charge in [0.2, 0.25) is 0 Å². The van der Waals surface area contributed by atoms with Gasteiger partial charge < -0.3 is 10.1 Å². The van der Waals surface area contributed by atoms with Crippen molar-refractivity contribution in [3.63, 3.8) is 0 Å². The summed E-state index contributed by atoms with van der Waals surface area (Å²) in [5.41, 5.74) is 2.60. The molecule has 0 saturated heterocycles. The number of methoxy groups -OCH3 is 1. The van der Waals surface area contributed by atoms with E-state index in [0.717, 1.165) is 13.0 Å². The summed E-state index contributed by atoms with van der Waals surface area (Å²) >= 11 is 0. The Hall–Kier alpha value is -1.35. The molecular weight excluding hydrogens is 226 g/mol. The van der Waals surface area contributed by atoms with Gasteiger partial charge in [0, 0.05) is 6.04 Å². The van der Waals surface area contributed by atoms with Crippen molar-refractivity contribution in [1.82, 2.24) is 5.32 Å². The number of esters is 1. The van der Waals surface area contributed by atoms with Crippen LogP contribution in [0.3, 0.4) is 0 Å². The van der Waals surface area contributed by atoms with E-state index < -0.39 is 0 Å². The van der Waals surface area contributed by atoms with E-state index >= 15 is 0 Å². The van der Waals surface area contributed by atoms with Crippen LogP contribution in [0.4, 0.5) is 0 Å². The zero-order valence-corrected chi connectivity index (χ0v) is 11.7. The lowest BCUT2D eigenvalue weighted by Crippen LogP contribution is -2.37. The molecule has 0 fully saturated rings. The fourth-order valence-electron chi connectivity index (χ4n) is 1.88. The lowest BCUT2D eigenvalue weighted by molar-refractivity contribution is -0.145. The van der Waals surface area contributed by atoms with E-state index in [1.54, 1.807) is 0 Å². The minimum atomic E-state index is -0.162. The fraction of sp³-hybridized carbons (Fsp3) is 0.533. The third-order valence-electron chi connectivity index (χ3n) is 3.29. The Labute approximate surface area is 110 Å². The third-order valence-corrected chi connectivity index (χ3v) is 3.29. The number of carbonyl (C=O) groups excluding carboxylic acids is 1. The van der Waals surface area contributed by atoms with Gasteiger partial charge in [-0.15, -0.1) is 0 Å². The van der Waals surface area contributed by atoms with Crippen molar-refractivity contribution in [3.8, 4) is 0 Å². The van der Waals surface area contributed by atoms with Gasteiger partial charge in [-0.1, -0.05) is 36.8 Å². The Morgan fingerprint density at radius 3 is 2.72 bits per heavy atom. The first-order valence-electron chi connectivity index (χ1n) is 6.41. The second-order valence-electron chi connectivity index (χ2n) is 4.79. The Morgan fingerprint density at radius 1 is 1.39 bits per heavy atom. The van der Waals surface area contributed by atoms with Gasteiger partial charge in [-0.25, -0.2) is 0 Å². The molecule has 3 nitrogen and oxygen atoms in total. The normalized spacial score (nSPS) is 14.0. The molecule has 0 aliphatic carbocycles. The summed E-state index contributed by atoms with van der Waals surface area (Å²) in [5.74, 6) is -0.280. The first-order chi connectivity index (χ1) is 8.54. The van der Waals surface area contributed by atoms with E-state index in [9.17, 15) is 4.79 Å². The summed E-state index contributed by atoms with van der Waals surface area (Å²) in [7, 11) is 1.43. The Kier molecular flexibility index (Phi) is 5.86. The van der Waals surface area contributed by atoms with E-state index in [4.69, 9.17) is 4.74 Å². The molecule has 0 amide bonds. The van der Waals surface area contributed by atoms with Crippen LogP contribution in [0.15, 0.2) is 24.3 Å². The molecule has 2 unspecified atom stereocenters. The number of ether oxygens (including phenoxy) is 1. The molecular formula is C15H23NO2. The van der Waals surface area contributed by atoms with Crippen molar-refractivity contribution in [2.24, 2.45) is 5.92 Å². The van der Waals surface area contributed by atoms with Crippen LogP contribution in [0.5, 0.6) is 0 Å². The Morgan fingerprint density at radius 2 is 2.11 bits per heavy atom. The van der Waals surface area contributed by atoms with Crippen LogP contribution < -0.4 is 5.32 Å². The maximum absolute atomic E-state index is 11.4. The molecule has 0 aliphatic rings. The average molecular weight is 249 g/mol. The third kappa shape index (κ3) is 4.49. The van der Waals surface area contributed by atoms with Crippen LogP contribution in [0.25, 0.3) is 0 Å². The van der Waals surface area contributed by atoms with Crippen molar-refractivity contribution < 1.29 is 9.53 Å². The Balaban J connectivity index is 2.35. The van der Waals surface area contributed by atoms with Gasteiger partial charge in [-0.05, 0) is 32.4 Å². The van der Waals surface area contributed by atoms with Gasteiger partial charge in [-0.2, -0.15) is 0 Å². The van der Waals surface area contributed by atoms with Crippen molar-refractivity contribution >= 4 is 5.97 Å². The highest BCUT2D eigenvalue weighted by Gasteiger charge is 2.19. The highest BCUT2D eigenvalue weighted by atomic mass is 16.5. The molecule has 1 N–H and O–H groups in total. The van der Waals surface area contributed by atoms with Gasteiger partial charge in [-0.3, -0.25) is 4.79 Å². The van der Waals surface area contributed by atoms with E-state index in [1.165, 1.54) is 18.2 Å². The lowest BCUT2D eigenvalue weighted by atomic mass is 10.0. The van der Waals surface area contributed by atoms with Gasteiger partial charge in [0.25, 0.3) is 0 Å². The van der Waals surface area contributed by atoms with Crippen molar-refractivity contribution in [2.75, 3.05) is 13.7 Å². The van der Waals surface area contributed by atoms with E-state index in [-0.39, 0.29) is 17.9 Å². The zero-order valence-electron chi connectivity index (χ0n) is 11.7. The molecule has 0 aromatic heterocycles. The van der Waals surface area contributed by atoms with E-state index in [0.29, 0.717) is 0 Å². The smallest absolute Gasteiger partial charge is 0.309 e. The van der Waals surface area contributed by atoms with Crippen molar-refractivity contribution in [1.29, 1.82) is 0 Å². The zero-order chi connectivity index (χ0) is 13.5. The maximum atomic E-state index is 11.4. The standard InChI is InChI=1S/C15H23NO2/c1-11-6-5-7-14(10-11)8-9-16-13(3)12(2)15(17)18-4/h5-7,10,12-13,16H,8-9H2,1-4H3. The number of carbonyl (C=O) groups is 1. The molecule has 0 heterocycles. The molecule has 1 rings (SSSR count). The van der Waals surface area contributed by atoms with E-state index in [1.807, 2.05) is 13.8 Å². The molecule has 3 heteroatoms. The summed E-state index contributed by atoms with van der Waals surface area (Å²) in [6.45, 7) is 6.86. The fourth-order valence-corrected chi connectivity index (χ4v) is 1.88. The van der Waals surface area contributed by atoms with Crippen LogP contribution in [-0.2, 0) is 16.0 Å². The number of benzene rings is 1. The SMILES string of the molecule is COC(=O)C(C)C(C)NCCc1cccc(C)c1. The second-order valence-corrected chi connectivity index (χ2v) is 4.79. The lowest BCUT2D eigenvalue weighted by Gasteiger charge is -2.19. The molecule has 0 aliphatic heterocycles. The number of hydrogen-bond donors (Lipinski definition) is 1. The molecule has 1 aromatic rings. The minimum Gasteiger partial charge on any atom is -0.469 e. The molecule has 0 spiro atoms. The number of rotatable bonds is 6. The molecule has 100 valence electrons. The first-order valence-corrected chi connectivity index (χ1v) is 6.41. The highest BCUT2D eigenvalue weighted by molar-refractivity contribution is 5.72. The average Bonchev–Trinajstić information content (AvgIpc) is 2.36. The molecule has 2 atom stereocenters. The van der Waals surface area contributed by atoms with Gasteiger partial charge >= 0.3 is 5.97 Å². The maximum Gasteiger partial charge on any atom is 0.309 e. The summed E-state index contributed by atoms with van der Waals surface area (Å²) in [6.07, 6.45) is 0.972. The summed E-state index contributed by atoms with van der Waals surface area (Å²) in [4.78, 5) is 11.4. The molecule has 18 heavy (non-hydrogen) atoms. The topological polar surface area (TPSA) is 38.3 Å². The first kappa shape index (κ1) is 14.7. The number of aryl methyl sites for hydroxylation is 1. The quantitative estimate of drug-likeness (QED) is 0.786. The molecule has 0 radical (unpaired) electrons. The largest absolute Gasteiger partial charge is 0.469 e. The molecule has 0 saturated carbocycles. The predicted molar refractivity (Wildman–Crippen MR) is 73.5 cm³/mol. The van der Waals surface area contributed by atoms with Gasteiger partial charge in [0.15, 0.2) is 0 Å². The minimum absolute atomic E-state index is 0.118. The van der Waals surface area contributed by atoms with Crippen LogP contribution in [0, 0.1) is 12.8 Å². The second kappa shape index (κ2) is 7.17. The van der Waals surface area contributed by atoms with Crippen LogP contribution in [0.2, 0.25) is 0 Å². The summed E-state index contributed by atoms with van der Waals surface area (Å²) in [6, 6.07) is 8.62. The van der Waals surface area contributed by atoms with Crippen LogP contribution >= 0.6 is 0 Å². The van der Waals surface area contributed by atoms with Crippen LogP contribution in [0.1, 0.15) is 25.0 Å². The molecule has 1 aromatic carbocycles. The van der Waals surface area contributed by atoms with Gasteiger partial charge in [0.1, 0.15) is 0 Å². The van der Waals surface area contributed by atoms with Gasteiger partial charge in [0.05, 0.1) is 13.0 Å². The Bertz CT molecular complexity index is 390. The molecule has 0 bridgehead atoms. The van der Waals surface area contributed by atoms with E-state index in [2.05, 4.69) is 36.5 Å².